The van der Waals surface area contributed by atoms with Gasteiger partial charge < -0.3 is 14.7 Å². The van der Waals surface area contributed by atoms with Gasteiger partial charge >= 0.3 is 7.48 Å². The highest BCUT2D eigenvalue weighted by atomic mass is 32.1. The fourth-order valence-corrected chi connectivity index (χ4v) is 1.69. The first-order valence-corrected chi connectivity index (χ1v) is 7.00. The quantitative estimate of drug-likeness (QED) is 0.453. The lowest BCUT2D eigenvalue weighted by Crippen LogP contribution is -2.49. The molecule has 1 aromatic heterocycles. The standard InChI is InChI=1S/C13H23BN2O3S/c1-8(16-20)9-6-11(17)15-7-10(9)14-19-13(4,5)12(2,3)18/h6-8,14,16,18,20H,1-5H3,(H,15,17)/t8-/m0/s1. The second kappa shape index (κ2) is 6.34. The maximum Gasteiger partial charge on any atom is 0.311 e. The van der Waals surface area contributed by atoms with Gasteiger partial charge in [0.25, 0.3) is 0 Å². The van der Waals surface area contributed by atoms with Crippen LogP contribution in [-0.2, 0) is 4.65 Å². The molecule has 1 aromatic rings. The van der Waals surface area contributed by atoms with E-state index in [0.29, 0.717) is 7.48 Å². The molecular weight excluding hydrogens is 275 g/mol. The van der Waals surface area contributed by atoms with Crippen molar-refractivity contribution < 1.29 is 9.76 Å². The molecule has 0 saturated carbocycles. The van der Waals surface area contributed by atoms with Gasteiger partial charge in [0.05, 0.1) is 11.2 Å². The molecule has 0 aliphatic carbocycles. The van der Waals surface area contributed by atoms with Gasteiger partial charge in [-0.15, -0.1) is 0 Å². The van der Waals surface area contributed by atoms with E-state index in [4.69, 9.17) is 4.65 Å². The third-order valence-electron chi connectivity index (χ3n) is 3.77. The van der Waals surface area contributed by atoms with Gasteiger partial charge in [0.1, 0.15) is 0 Å². The number of hydrogen-bond donors (Lipinski definition) is 4. The van der Waals surface area contributed by atoms with E-state index < -0.39 is 11.2 Å². The molecule has 0 unspecified atom stereocenters. The fourth-order valence-electron chi connectivity index (χ4n) is 1.55. The monoisotopic (exact) mass is 298 g/mol. The third kappa shape index (κ3) is 4.12. The van der Waals surface area contributed by atoms with Crippen LogP contribution >= 0.6 is 12.8 Å². The Labute approximate surface area is 126 Å². The third-order valence-corrected chi connectivity index (χ3v) is 4.16. The molecule has 7 heteroatoms. The smallest absolute Gasteiger partial charge is 0.311 e. The largest absolute Gasteiger partial charge is 0.427 e. The molecule has 0 aliphatic rings. The van der Waals surface area contributed by atoms with Crippen molar-refractivity contribution in [2.75, 3.05) is 0 Å². The van der Waals surface area contributed by atoms with Crippen LogP contribution in [0.1, 0.15) is 46.2 Å². The minimum atomic E-state index is -0.969. The van der Waals surface area contributed by atoms with Crippen LogP contribution in [0.25, 0.3) is 0 Å². The number of aromatic nitrogens is 1. The summed E-state index contributed by atoms with van der Waals surface area (Å²) in [5.41, 5.74) is -0.159. The first kappa shape index (κ1) is 17.3. The van der Waals surface area contributed by atoms with Crippen molar-refractivity contribution in [1.29, 1.82) is 0 Å². The highest BCUT2D eigenvalue weighted by Crippen LogP contribution is 2.24. The summed E-state index contributed by atoms with van der Waals surface area (Å²) in [6, 6.07) is 1.45. The highest BCUT2D eigenvalue weighted by Gasteiger charge is 2.35. The molecule has 0 radical (unpaired) electrons. The average molecular weight is 298 g/mol. The first-order valence-electron chi connectivity index (χ1n) is 6.56. The molecular formula is C13H23BN2O3S. The molecule has 0 amide bonds. The van der Waals surface area contributed by atoms with Crippen LogP contribution in [0.2, 0.25) is 0 Å². The van der Waals surface area contributed by atoms with E-state index >= 15 is 0 Å². The summed E-state index contributed by atoms with van der Waals surface area (Å²) in [4.78, 5) is 14.1. The normalized spacial score (nSPS) is 14.2. The summed E-state index contributed by atoms with van der Waals surface area (Å²) >= 11 is 4.04. The second-order valence-corrected chi connectivity index (χ2v) is 6.24. The van der Waals surface area contributed by atoms with Gasteiger partial charge in [0, 0.05) is 18.3 Å². The highest BCUT2D eigenvalue weighted by molar-refractivity contribution is 7.78. The summed E-state index contributed by atoms with van der Waals surface area (Å²) < 4.78 is 8.64. The van der Waals surface area contributed by atoms with Gasteiger partial charge in [0.2, 0.25) is 5.56 Å². The van der Waals surface area contributed by atoms with Crippen molar-refractivity contribution in [3.8, 4) is 0 Å². The van der Waals surface area contributed by atoms with Crippen LogP contribution < -0.4 is 15.7 Å². The molecule has 0 spiro atoms. The first-order chi connectivity index (χ1) is 9.08. The number of aromatic amines is 1. The summed E-state index contributed by atoms with van der Waals surface area (Å²) in [7, 11) is 0.295. The molecule has 1 rings (SSSR count). The Hall–Kier alpha value is -0.755. The van der Waals surface area contributed by atoms with Crippen molar-refractivity contribution in [3.05, 3.63) is 28.2 Å². The number of aliphatic hydroxyl groups is 1. The van der Waals surface area contributed by atoms with Crippen LogP contribution in [0.15, 0.2) is 17.1 Å². The summed E-state index contributed by atoms with van der Waals surface area (Å²) in [5.74, 6) is 0. The topological polar surface area (TPSA) is 74.4 Å². The molecule has 0 aromatic carbocycles. The minimum absolute atomic E-state index is 0.0792. The van der Waals surface area contributed by atoms with Crippen LogP contribution in [0.5, 0.6) is 0 Å². The van der Waals surface area contributed by atoms with Gasteiger partial charge in [-0.05, 0) is 45.6 Å². The molecule has 20 heavy (non-hydrogen) atoms. The van der Waals surface area contributed by atoms with E-state index in [0.717, 1.165) is 11.0 Å². The Balaban J connectivity index is 2.96. The van der Waals surface area contributed by atoms with Gasteiger partial charge in [-0.25, -0.2) is 0 Å². The number of pyridine rings is 1. The second-order valence-electron chi connectivity index (χ2n) is 5.99. The summed E-state index contributed by atoms with van der Waals surface area (Å²) in [5, 5.41) is 10.1. The van der Waals surface area contributed by atoms with Crippen molar-refractivity contribution in [3.63, 3.8) is 0 Å². The Kier molecular flexibility index (Phi) is 5.49. The van der Waals surface area contributed by atoms with E-state index in [2.05, 4.69) is 22.5 Å². The van der Waals surface area contributed by atoms with Crippen LogP contribution in [-0.4, -0.2) is 28.8 Å². The van der Waals surface area contributed by atoms with Crippen LogP contribution in [0.3, 0.4) is 0 Å². The lowest BCUT2D eigenvalue weighted by atomic mass is 9.80. The van der Waals surface area contributed by atoms with Gasteiger partial charge in [0.15, 0.2) is 0 Å². The molecule has 1 atom stereocenters. The summed E-state index contributed by atoms with van der Waals surface area (Å²) in [6.07, 6.45) is 1.64. The van der Waals surface area contributed by atoms with Crippen molar-refractivity contribution >= 4 is 25.8 Å². The molecule has 0 fully saturated rings. The number of H-pyrrole nitrogens is 1. The predicted octanol–water partition coefficient (Wildman–Crippen LogP) is 0.413. The Morgan fingerprint density at radius 3 is 2.55 bits per heavy atom. The molecule has 1 heterocycles. The lowest BCUT2D eigenvalue weighted by molar-refractivity contribution is -0.0893. The Morgan fingerprint density at radius 1 is 1.45 bits per heavy atom. The number of rotatable bonds is 6. The van der Waals surface area contributed by atoms with E-state index in [1.54, 1.807) is 20.0 Å². The van der Waals surface area contributed by atoms with Gasteiger partial charge in [-0.2, -0.15) is 0 Å². The number of thiol groups is 1. The molecule has 3 N–H and O–H groups in total. The average Bonchev–Trinajstić information content (AvgIpc) is 2.35. The minimum Gasteiger partial charge on any atom is -0.427 e. The van der Waals surface area contributed by atoms with E-state index in [9.17, 15) is 9.90 Å². The van der Waals surface area contributed by atoms with Crippen molar-refractivity contribution in [1.82, 2.24) is 9.71 Å². The van der Waals surface area contributed by atoms with Crippen molar-refractivity contribution in [2.24, 2.45) is 0 Å². The molecule has 112 valence electrons. The molecule has 0 bridgehead atoms. The number of hydrogen-bond acceptors (Lipinski definition) is 5. The lowest BCUT2D eigenvalue weighted by Gasteiger charge is -2.37. The SMILES string of the molecule is C[C@H](NS)c1cc(=O)[nH]cc1BOC(C)(C)C(C)(C)O. The number of nitrogens with one attached hydrogen (secondary N) is 2. The van der Waals surface area contributed by atoms with Gasteiger partial charge in [-0.3, -0.25) is 9.52 Å². The maximum absolute atomic E-state index is 11.4. The van der Waals surface area contributed by atoms with Crippen LogP contribution in [0.4, 0.5) is 0 Å². The maximum atomic E-state index is 11.4. The zero-order chi connectivity index (χ0) is 15.6. The van der Waals surface area contributed by atoms with Crippen molar-refractivity contribution in [2.45, 2.75) is 51.9 Å². The fraction of sp³-hybridized carbons (Fsp3) is 0.615. The summed E-state index contributed by atoms with van der Waals surface area (Å²) in [6.45, 7) is 8.99. The zero-order valence-electron chi connectivity index (χ0n) is 12.7. The van der Waals surface area contributed by atoms with E-state index in [-0.39, 0.29) is 11.6 Å². The van der Waals surface area contributed by atoms with E-state index in [1.807, 2.05) is 20.8 Å². The molecule has 0 aliphatic heterocycles. The van der Waals surface area contributed by atoms with Crippen LogP contribution in [0, 0.1) is 0 Å². The zero-order valence-corrected chi connectivity index (χ0v) is 13.5. The Morgan fingerprint density at radius 2 is 2.05 bits per heavy atom. The predicted molar refractivity (Wildman–Crippen MR) is 85.8 cm³/mol. The molecule has 0 saturated heterocycles. The Bertz CT molecular complexity index is 511. The molecule has 5 nitrogen and oxygen atoms in total. The van der Waals surface area contributed by atoms with Gasteiger partial charge in [-0.1, -0.05) is 12.8 Å². The van der Waals surface area contributed by atoms with E-state index in [1.165, 1.54) is 6.07 Å².